The Bertz CT molecular complexity index is 520. The van der Waals surface area contributed by atoms with Crippen molar-refractivity contribution in [1.29, 1.82) is 0 Å². The first-order chi connectivity index (χ1) is 11.6. The van der Waals surface area contributed by atoms with Crippen LogP contribution in [0.3, 0.4) is 0 Å². The van der Waals surface area contributed by atoms with E-state index in [2.05, 4.69) is 19.2 Å². The first-order valence-electron chi connectivity index (χ1n) is 9.33. The lowest BCUT2D eigenvalue weighted by Crippen LogP contribution is -2.38. The molecule has 0 spiro atoms. The van der Waals surface area contributed by atoms with Gasteiger partial charge >= 0.3 is 0 Å². The van der Waals surface area contributed by atoms with Crippen LogP contribution < -0.4 is 5.32 Å². The number of halogens is 2. The molecule has 1 N–H and O–H groups in total. The molecule has 142 valence electrons. The predicted octanol–water partition coefficient (Wildman–Crippen LogP) is 4.05. The number of benzene rings is 1. The number of hydrogen-bond acceptors (Lipinski definition) is 2. The van der Waals surface area contributed by atoms with Crippen LogP contribution >= 0.6 is 12.4 Å². The Balaban J connectivity index is 0.00000312. The second kappa shape index (κ2) is 11.5. The normalized spacial score (nSPS) is 18.3. The van der Waals surface area contributed by atoms with Gasteiger partial charge in [-0.1, -0.05) is 26.0 Å². The number of rotatable bonds is 8. The fourth-order valence-corrected chi connectivity index (χ4v) is 3.52. The van der Waals surface area contributed by atoms with Gasteiger partial charge in [-0.2, -0.15) is 0 Å². The van der Waals surface area contributed by atoms with Crippen molar-refractivity contribution in [3.63, 3.8) is 0 Å². The van der Waals surface area contributed by atoms with E-state index in [1.54, 1.807) is 12.1 Å². The Hall–Kier alpha value is -1.13. The summed E-state index contributed by atoms with van der Waals surface area (Å²) < 4.78 is 13.3. The zero-order chi connectivity index (χ0) is 17.4. The molecule has 0 aromatic heterocycles. The van der Waals surface area contributed by atoms with Gasteiger partial charge in [0.05, 0.1) is 0 Å². The van der Waals surface area contributed by atoms with Gasteiger partial charge in [-0.3, -0.25) is 4.79 Å². The molecule has 1 aliphatic rings. The molecule has 2 unspecified atom stereocenters. The molecule has 2 rings (SSSR count). The summed E-state index contributed by atoms with van der Waals surface area (Å²) >= 11 is 0. The fourth-order valence-electron chi connectivity index (χ4n) is 3.52. The quantitative estimate of drug-likeness (QED) is 0.748. The minimum atomic E-state index is -0.209. The van der Waals surface area contributed by atoms with Crippen molar-refractivity contribution >= 4 is 18.3 Å². The number of carbonyl (C=O) groups excluding carboxylic acids is 1. The smallest absolute Gasteiger partial charge is 0.222 e. The van der Waals surface area contributed by atoms with Gasteiger partial charge in [0, 0.05) is 19.5 Å². The van der Waals surface area contributed by atoms with E-state index in [4.69, 9.17) is 0 Å². The molecule has 2 atom stereocenters. The van der Waals surface area contributed by atoms with Gasteiger partial charge in [-0.25, -0.2) is 4.39 Å². The van der Waals surface area contributed by atoms with Crippen molar-refractivity contribution in [2.75, 3.05) is 26.2 Å². The maximum atomic E-state index is 13.3. The maximum absolute atomic E-state index is 13.3. The van der Waals surface area contributed by atoms with Crippen LogP contribution in [-0.2, 0) is 11.2 Å². The van der Waals surface area contributed by atoms with Gasteiger partial charge in [0.1, 0.15) is 5.82 Å². The van der Waals surface area contributed by atoms with Crippen LogP contribution in [0, 0.1) is 17.7 Å². The number of nitrogens with one attached hydrogen (secondary N) is 1. The Labute approximate surface area is 157 Å². The minimum Gasteiger partial charge on any atom is -0.342 e. The van der Waals surface area contributed by atoms with Crippen LogP contribution in [0.2, 0.25) is 0 Å². The van der Waals surface area contributed by atoms with E-state index in [1.165, 1.54) is 18.9 Å². The third-order valence-corrected chi connectivity index (χ3v) is 5.04. The van der Waals surface area contributed by atoms with Gasteiger partial charge in [-0.05, 0) is 68.3 Å². The summed E-state index contributed by atoms with van der Waals surface area (Å²) in [4.78, 5) is 14.7. The standard InChI is InChI=1S/C20H31FN2O.ClH/c1-3-11-23(12-9-17-6-4-8-19(21)14-17)20(24)13-16(2)18-7-5-10-22-15-18;/h4,6,8,14,16,18,22H,3,5,7,9-13,15H2,1-2H3;1H. The SMILES string of the molecule is CCCN(CCc1cccc(F)c1)C(=O)CC(C)C1CCCNC1.Cl. The number of hydrogen-bond donors (Lipinski definition) is 1. The van der Waals surface area contributed by atoms with Gasteiger partial charge in [0.25, 0.3) is 0 Å². The molecule has 25 heavy (non-hydrogen) atoms. The van der Waals surface area contributed by atoms with Crippen LogP contribution in [0.4, 0.5) is 4.39 Å². The van der Waals surface area contributed by atoms with Crippen LogP contribution in [0.15, 0.2) is 24.3 Å². The second-order valence-electron chi connectivity index (χ2n) is 7.05. The predicted molar refractivity (Wildman–Crippen MR) is 104 cm³/mol. The highest BCUT2D eigenvalue weighted by Gasteiger charge is 2.24. The lowest BCUT2D eigenvalue weighted by atomic mass is 9.85. The molecular formula is C20H32ClFN2O. The van der Waals surface area contributed by atoms with Crippen molar-refractivity contribution in [3.8, 4) is 0 Å². The summed E-state index contributed by atoms with van der Waals surface area (Å²) in [6.45, 7) is 7.89. The van der Waals surface area contributed by atoms with Crippen molar-refractivity contribution in [2.24, 2.45) is 11.8 Å². The molecule has 1 amide bonds. The number of piperidine rings is 1. The average Bonchev–Trinajstić information content (AvgIpc) is 2.59. The monoisotopic (exact) mass is 370 g/mol. The second-order valence-corrected chi connectivity index (χ2v) is 7.05. The third kappa shape index (κ3) is 7.33. The Morgan fingerprint density at radius 1 is 1.40 bits per heavy atom. The highest BCUT2D eigenvalue weighted by Crippen LogP contribution is 2.23. The van der Waals surface area contributed by atoms with Crippen LogP contribution in [-0.4, -0.2) is 37.0 Å². The summed E-state index contributed by atoms with van der Waals surface area (Å²) in [7, 11) is 0. The first kappa shape index (κ1) is 21.9. The van der Waals surface area contributed by atoms with E-state index >= 15 is 0 Å². The van der Waals surface area contributed by atoms with E-state index in [-0.39, 0.29) is 24.1 Å². The maximum Gasteiger partial charge on any atom is 0.222 e. The van der Waals surface area contributed by atoms with Gasteiger partial charge in [-0.15, -0.1) is 12.4 Å². The average molecular weight is 371 g/mol. The zero-order valence-electron chi connectivity index (χ0n) is 15.5. The summed E-state index contributed by atoms with van der Waals surface area (Å²) in [5.41, 5.74) is 0.952. The Morgan fingerprint density at radius 3 is 2.84 bits per heavy atom. The molecule has 0 radical (unpaired) electrons. The Morgan fingerprint density at radius 2 is 2.20 bits per heavy atom. The fraction of sp³-hybridized carbons (Fsp3) is 0.650. The summed E-state index contributed by atoms with van der Waals surface area (Å²) in [6, 6.07) is 6.67. The molecule has 1 aliphatic heterocycles. The molecule has 1 aromatic carbocycles. The molecule has 0 bridgehead atoms. The van der Waals surface area contributed by atoms with E-state index in [9.17, 15) is 9.18 Å². The molecule has 0 saturated carbocycles. The van der Waals surface area contributed by atoms with Gasteiger partial charge in [0.15, 0.2) is 0 Å². The van der Waals surface area contributed by atoms with Gasteiger partial charge in [0.2, 0.25) is 5.91 Å². The van der Waals surface area contributed by atoms with Crippen molar-refractivity contribution < 1.29 is 9.18 Å². The molecule has 1 fully saturated rings. The summed E-state index contributed by atoms with van der Waals surface area (Å²) in [5.74, 6) is 1.05. The van der Waals surface area contributed by atoms with E-state index in [1.807, 2.05) is 11.0 Å². The van der Waals surface area contributed by atoms with Gasteiger partial charge < -0.3 is 10.2 Å². The molecule has 5 heteroatoms. The molecular weight excluding hydrogens is 339 g/mol. The zero-order valence-corrected chi connectivity index (χ0v) is 16.3. The third-order valence-electron chi connectivity index (χ3n) is 5.04. The van der Waals surface area contributed by atoms with Crippen molar-refractivity contribution in [1.82, 2.24) is 10.2 Å². The van der Waals surface area contributed by atoms with E-state index in [0.29, 0.717) is 31.2 Å². The van der Waals surface area contributed by atoms with Crippen molar-refractivity contribution in [3.05, 3.63) is 35.6 Å². The summed E-state index contributed by atoms with van der Waals surface area (Å²) in [5, 5.41) is 3.43. The molecule has 1 saturated heterocycles. The van der Waals surface area contributed by atoms with Crippen molar-refractivity contribution in [2.45, 2.75) is 46.0 Å². The minimum absolute atomic E-state index is 0. The summed E-state index contributed by atoms with van der Waals surface area (Å²) in [6.07, 6.45) is 4.71. The van der Waals surface area contributed by atoms with Crippen LogP contribution in [0.5, 0.6) is 0 Å². The molecule has 1 heterocycles. The lowest BCUT2D eigenvalue weighted by molar-refractivity contribution is -0.132. The molecule has 0 aliphatic carbocycles. The number of amides is 1. The first-order valence-corrected chi connectivity index (χ1v) is 9.33. The highest BCUT2D eigenvalue weighted by molar-refractivity contribution is 5.85. The molecule has 3 nitrogen and oxygen atoms in total. The lowest BCUT2D eigenvalue weighted by Gasteiger charge is -2.30. The molecule has 1 aromatic rings. The Kier molecular flexibility index (Phi) is 10.1. The van der Waals surface area contributed by atoms with Crippen LogP contribution in [0.25, 0.3) is 0 Å². The van der Waals surface area contributed by atoms with E-state index in [0.717, 1.165) is 31.6 Å². The number of carbonyl (C=O) groups is 1. The number of nitrogens with zero attached hydrogens (tertiary/aromatic N) is 1. The topological polar surface area (TPSA) is 32.3 Å². The largest absolute Gasteiger partial charge is 0.342 e. The van der Waals surface area contributed by atoms with Crippen LogP contribution in [0.1, 0.15) is 45.1 Å². The van der Waals surface area contributed by atoms with E-state index < -0.39 is 0 Å². The highest BCUT2D eigenvalue weighted by atomic mass is 35.5.